The van der Waals surface area contributed by atoms with E-state index in [1.807, 2.05) is 30.5 Å². The first-order valence-corrected chi connectivity index (χ1v) is 12.5. The molecule has 4 heterocycles. The maximum Gasteiger partial charge on any atom is 0.254 e. The number of carbonyl (C=O) groups is 1. The van der Waals surface area contributed by atoms with Crippen LogP contribution in [0.2, 0.25) is 10.0 Å². The van der Waals surface area contributed by atoms with Crippen LogP contribution in [0.3, 0.4) is 0 Å². The number of halogens is 2. The molecule has 2 aliphatic heterocycles. The first-order chi connectivity index (χ1) is 17.1. The first kappa shape index (κ1) is 24.0. The fraction of sp³-hybridized carbons (Fsp3) is 0.346. The lowest BCUT2D eigenvalue weighted by Crippen LogP contribution is -2.41. The van der Waals surface area contributed by atoms with E-state index in [1.54, 1.807) is 0 Å². The summed E-state index contributed by atoms with van der Waals surface area (Å²) in [7, 11) is 0. The van der Waals surface area contributed by atoms with Crippen LogP contribution in [0.4, 0.5) is 0 Å². The third-order valence-electron chi connectivity index (χ3n) is 6.56. The third kappa shape index (κ3) is 5.43. The molecule has 1 fully saturated rings. The number of carbonyl (C=O) groups excluding carboxylic acids is 1. The second-order valence-corrected chi connectivity index (χ2v) is 9.65. The van der Waals surface area contributed by atoms with Gasteiger partial charge in [0.25, 0.3) is 5.91 Å². The summed E-state index contributed by atoms with van der Waals surface area (Å²) in [6, 6.07) is 12.9. The Bertz CT molecular complexity index is 1180. The molecule has 35 heavy (non-hydrogen) atoms. The zero-order valence-electron chi connectivity index (χ0n) is 19.2. The molecule has 3 aromatic rings. The number of rotatable bonds is 7. The van der Waals surface area contributed by atoms with Crippen LogP contribution in [-0.2, 0) is 13.1 Å². The average Bonchev–Trinajstić information content (AvgIpc) is 3.41. The number of hydrogen-bond acceptors (Lipinski definition) is 6. The molecule has 0 aliphatic carbocycles. The Labute approximate surface area is 214 Å². The van der Waals surface area contributed by atoms with Gasteiger partial charge >= 0.3 is 0 Å². The van der Waals surface area contributed by atoms with Crippen LogP contribution in [0.25, 0.3) is 0 Å². The second-order valence-electron chi connectivity index (χ2n) is 8.84. The smallest absolute Gasteiger partial charge is 0.254 e. The van der Waals surface area contributed by atoms with E-state index in [-0.39, 0.29) is 27.6 Å². The van der Waals surface area contributed by atoms with Crippen molar-refractivity contribution in [3.05, 3.63) is 87.4 Å². The molecular formula is C26H27Cl2N5O2. The van der Waals surface area contributed by atoms with Crippen LogP contribution >= 0.6 is 23.2 Å². The van der Waals surface area contributed by atoms with E-state index < -0.39 is 0 Å². The van der Waals surface area contributed by atoms with E-state index in [9.17, 15) is 4.79 Å². The fourth-order valence-electron chi connectivity index (χ4n) is 4.88. The van der Waals surface area contributed by atoms with Gasteiger partial charge in [0.05, 0.1) is 34.0 Å². The molecule has 1 amide bonds. The summed E-state index contributed by atoms with van der Waals surface area (Å²) in [5, 5.41) is 6.89. The van der Waals surface area contributed by atoms with Crippen molar-refractivity contribution in [1.29, 1.82) is 0 Å². The monoisotopic (exact) mass is 511 g/mol. The minimum atomic E-state index is -0.323. The second kappa shape index (κ2) is 10.9. The number of benzene rings is 1. The molecule has 0 spiro atoms. The Balaban J connectivity index is 1.33. The van der Waals surface area contributed by atoms with Crippen LogP contribution in [-0.4, -0.2) is 46.5 Å². The Morgan fingerprint density at radius 2 is 1.97 bits per heavy atom. The maximum absolute atomic E-state index is 12.7. The molecule has 1 aromatic carbocycles. The van der Waals surface area contributed by atoms with Crippen molar-refractivity contribution < 1.29 is 9.53 Å². The lowest BCUT2D eigenvalue weighted by Gasteiger charge is -2.38. The molecule has 5 rings (SSSR count). The summed E-state index contributed by atoms with van der Waals surface area (Å²) < 4.78 is 5.88. The quantitative estimate of drug-likeness (QED) is 0.489. The molecule has 0 bridgehead atoms. The summed E-state index contributed by atoms with van der Waals surface area (Å²) in [6.07, 6.45) is 6.68. The van der Waals surface area contributed by atoms with E-state index in [0.29, 0.717) is 19.2 Å². The van der Waals surface area contributed by atoms with Gasteiger partial charge in [-0.2, -0.15) is 0 Å². The number of ether oxygens (including phenoxy) is 1. The number of aromatic nitrogens is 2. The predicted octanol–water partition coefficient (Wildman–Crippen LogP) is 4.40. The normalized spacial score (nSPS) is 19.3. The average molecular weight is 512 g/mol. The maximum atomic E-state index is 12.7. The number of pyridine rings is 2. The Morgan fingerprint density at radius 1 is 1.14 bits per heavy atom. The van der Waals surface area contributed by atoms with Gasteiger partial charge in [0.15, 0.2) is 0 Å². The van der Waals surface area contributed by atoms with Gasteiger partial charge in [0, 0.05) is 50.7 Å². The summed E-state index contributed by atoms with van der Waals surface area (Å²) in [5.74, 6) is 0.556. The zero-order valence-corrected chi connectivity index (χ0v) is 20.7. The number of amides is 1. The molecule has 1 saturated heterocycles. The van der Waals surface area contributed by atoms with Crippen molar-refractivity contribution in [2.45, 2.75) is 38.0 Å². The van der Waals surface area contributed by atoms with Crippen LogP contribution in [0, 0.1) is 0 Å². The van der Waals surface area contributed by atoms with Gasteiger partial charge < -0.3 is 15.4 Å². The lowest BCUT2D eigenvalue weighted by molar-refractivity contribution is 0.0918. The number of fused-ring (bicyclic) bond motifs is 1. The van der Waals surface area contributed by atoms with Crippen molar-refractivity contribution >= 4 is 29.1 Å². The van der Waals surface area contributed by atoms with Gasteiger partial charge in [-0.25, -0.2) is 0 Å². The Morgan fingerprint density at radius 3 is 2.77 bits per heavy atom. The molecule has 7 nitrogen and oxygen atoms in total. The van der Waals surface area contributed by atoms with E-state index in [2.05, 4.69) is 37.6 Å². The SMILES string of the molecule is O=C(NCc1cccc(CN(C2CCNC2)C2CCOc3cccnc32)c1)c1c(Cl)cncc1Cl. The molecule has 2 N–H and O–H groups in total. The highest BCUT2D eigenvalue weighted by atomic mass is 35.5. The summed E-state index contributed by atoms with van der Waals surface area (Å²) >= 11 is 12.3. The minimum Gasteiger partial charge on any atom is -0.492 e. The predicted molar refractivity (Wildman–Crippen MR) is 136 cm³/mol. The van der Waals surface area contributed by atoms with E-state index in [0.717, 1.165) is 49.5 Å². The molecule has 9 heteroatoms. The van der Waals surface area contributed by atoms with Crippen LogP contribution in [0.1, 0.15) is 46.1 Å². The van der Waals surface area contributed by atoms with Crippen molar-refractivity contribution in [2.75, 3.05) is 19.7 Å². The highest BCUT2D eigenvalue weighted by Crippen LogP contribution is 2.37. The summed E-state index contributed by atoms with van der Waals surface area (Å²) in [4.78, 5) is 23.8. The molecule has 182 valence electrons. The largest absolute Gasteiger partial charge is 0.492 e. The van der Waals surface area contributed by atoms with Crippen molar-refractivity contribution in [1.82, 2.24) is 25.5 Å². The Kier molecular flexibility index (Phi) is 7.48. The van der Waals surface area contributed by atoms with Crippen molar-refractivity contribution in [3.8, 4) is 5.75 Å². The van der Waals surface area contributed by atoms with Crippen molar-refractivity contribution in [2.24, 2.45) is 0 Å². The van der Waals surface area contributed by atoms with E-state index in [4.69, 9.17) is 27.9 Å². The molecule has 2 aliphatic rings. The number of hydrogen-bond donors (Lipinski definition) is 2. The molecule has 0 radical (unpaired) electrons. The van der Waals surface area contributed by atoms with Gasteiger partial charge in [-0.05, 0) is 36.2 Å². The summed E-state index contributed by atoms with van der Waals surface area (Å²) in [5.41, 5.74) is 3.45. The van der Waals surface area contributed by atoms with E-state index >= 15 is 0 Å². The molecule has 2 unspecified atom stereocenters. The van der Waals surface area contributed by atoms with Gasteiger partial charge in [0.2, 0.25) is 0 Å². The molecule has 0 saturated carbocycles. The number of nitrogens with zero attached hydrogens (tertiary/aromatic N) is 3. The fourth-order valence-corrected chi connectivity index (χ4v) is 5.42. The third-order valence-corrected chi connectivity index (χ3v) is 7.13. The number of nitrogens with one attached hydrogen (secondary N) is 2. The molecule has 2 atom stereocenters. The first-order valence-electron chi connectivity index (χ1n) is 11.8. The van der Waals surface area contributed by atoms with Gasteiger partial charge in [-0.1, -0.05) is 47.5 Å². The van der Waals surface area contributed by atoms with Crippen LogP contribution in [0.15, 0.2) is 55.0 Å². The van der Waals surface area contributed by atoms with Crippen LogP contribution < -0.4 is 15.4 Å². The molecular weight excluding hydrogens is 485 g/mol. The van der Waals surface area contributed by atoms with Gasteiger partial charge in [-0.3, -0.25) is 19.7 Å². The lowest BCUT2D eigenvalue weighted by atomic mass is 10.00. The Hall–Kier alpha value is -2.71. The molecule has 2 aromatic heterocycles. The van der Waals surface area contributed by atoms with Crippen LogP contribution in [0.5, 0.6) is 5.75 Å². The standard InChI is InChI=1S/C26H27Cl2N5O2/c27-20-14-30-15-21(28)24(20)26(34)32-12-17-3-1-4-18(11-17)16-33(19-6-9-29-13-19)22-7-10-35-23-5-2-8-31-25(22)23/h1-5,8,11,14-15,19,22,29H,6-7,9-10,12-13,16H2,(H,32,34). The highest BCUT2D eigenvalue weighted by molar-refractivity contribution is 6.39. The topological polar surface area (TPSA) is 79.4 Å². The minimum absolute atomic E-state index is 0.198. The summed E-state index contributed by atoms with van der Waals surface area (Å²) in [6.45, 7) is 3.83. The van der Waals surface area contributed by atoms with E-state index in [1.165, 1.54) is 18.0 Å². The highest BCUT2D eigenvalue weighted by Gasteiger charge is 2.34. The van der Waals surface area contributed by atoms with Gasteiger partial charge in [-0.15, -0.1) is 0 Å². The van der Waals surface area contributed by atoms with Crippen molar-refractivity contribution in [3.63, 3.8) is 0 Å². The zero-order chi connectivity index (χ0) is 24.2. The van der Waals surface area contributed by atoms with Gasteiger partial charge in [0.1, 0.15) is 5.75 Å².